The summed E-state index contributed by atoms with van der Waals surface area (Å²) in [5.41, 5.74) is 2.53. The van der Waals surface area contributed by atoms with E-state index in [9.17, 15) is 9.59 Å². The van der Waals surface area contributed by atoms with Crippen LogP contribution in [0.15, 0.2) is 28.1 Å². The number of hydrogen-bond acceptors (Lipinski definition) is 3. The molecule has 1 atom stereocenters. The van der Waals surface area contributed by atoms with Gasteiger partial charge in [0.15, 0.2) is 0 Å². The summed E-state index contributed by atoms with van der Waals surface area (Å²) in [5, 5.41) is 6.88. The summed E-state index contributed by atoms with van der Waals surface area (Å²) in [6, 6.07) is 1.49. The fraction of sp³-hybridized carbons (Fsp3) is 0.467. The van der Waals surface area contributed by atoms with E-state index >= 15 is 0 Å². The van der Waals surface area contributed by atoms with Crippen LogP contribution in [0.3, 0.4) is 0 Å². The van der Waals surface area contributed by atoms with Crippen LogP contribution >= 0.6 is 11.3 Å². The van der Waals surface area contributed by atoms with Gasteiger partial charge in [-0.05, 0) is 28.3 Å². The minimum atomic E-state index is -0.320. The highest BCUT2D eigenvalue weighted by Gasteiger charge is 2.42. The largest absolute Gasteiger partial charge is 0.333 e. The van der Waals surface area contributed by atoms with E-state index < -0.39 is 0 Å². The third-order valence-corrected chi connectivity index (χ3v) is 4.60. The van der Waals surface area contributed by atoms with Crippen molar-refractivity contribution in [2.45, 2.75) is 19.9 Å². The van der Waals surface area contributed by atoms with Gasteiger partial charge >= 0.3 is 6.03 Å². The monoisotopic (exact) mass is 305 g/mol. The van der Waals surface area contributed by atoms with Gasteiger partial charge in [-0.2, -0.15) is 11.3 Å². The maximum atomic E-state index is 12.7. The predicted molar refractivity (Wildman–Crippen MR) is 81.8 cm³/mol. The molecule has 21 heavy (non-hydrogen) atoms. The molecule has 0 saturated carbocycles. The molecule has 1 N–H and O–H groups in total. The Labute approximate surface area is 128 Å². The van der Waals surface area contributed by atoms with Crippen molar-refractivity contribution >= 4 is 23.3 Å². The lowest BCUT2D eigenvalue weighted by molar-refractivity contribution is -0.126. The zero-order valence-corrected chi connectivity index (χ0v) is 13.2. The van der Waals surface area contributed by atoms with Crippen molar-refractivity contribution in [3.63, 3.8) is 0 Å². The van der Waals surface area contributed by atoms with Crippen LogP contribution in [-0.4, -0.2) is 41.9 Å². The molecule has 1 unspecified atom stereocenters. The lowest BCUT2D eigenvalue weighted by Gasteiger charge is -2.30. The highest BCUT2D eigenvalue weighted by Crippen LogP contribution is 2.36. The van der Waals surface area contributed by atoms with Gasteiger partial charge in [-0.3, -0.25) is 9.69 Å². The Kier molecular flexibility index (Phi) is 3.49. The van der Waals surface area contributed by atoms with E-state index in [1.807, 2.05) is 21.7 Å². The second-order valence-electron chi connectivity index (χ2n) is 5.94. The van der Waals surface area contributed by atoms with Gasteiger partial charge in [0.05, 0.1) is 23.9 Å². The summed E-state index contributed by atoms with van der Waals surface area (Å²) in [6.45, 7) is 5.42. The normalized spacial score (nSPS) is 22.2. The maximum Gasteiger partial charge on any atom is 0.322 e. The number of nitrogens with one attached hydrogen (secondary N) is 1. The molecule has 0 spiro atoms. The third kappa shape index (κ3) is 2.33. The summed E-state index contributed by atoms with van der Waals surface area (Å²) < 4.78 is 0. The predicted octanol–water partition coefficient (Wildman–Crippen LogP) is 2.20. The van der Waals surface area contributed by atoms with Crippen LogP contribution in [0.25, 0.3) is 0 Å². The van der Waals surface area contributed by atoms with Crippen molar-refractivity contribution in [3.8, 4) is 0 Å². The van der Waals surface area contributed by atoms with E-state index in [0.29, 0.717) is 19.0 Å². The molecule has 2 aliphatic heterocycles. The number of carbonyl (C=O) groups is 2. The molecule has 2 aliphatic rings. The van der Waals surface area contributed by atoms with Crippen molar-refractivity contribution in [3.05, 3.63) is 33.7 Å². The molecular weight excluding hydrogens is 286 g/mol. The second kappa shape index (κ2) is 5.18. The van der Waals surface area contributed by atoms with Crippen LogP contribution in [0.2, 0.25) is 0 Å². The van der Waals surface area contributed by atoms with Crippen LogP contribution in [0.4, 0.5) is 4.79 Å². The Hall–Kier alpha value is -1.82. The average Bonchev–Trinajstić information content (AvgIpc) is 3.04. The van der Waals surface area contributed by atoms with Gasteiger partial charge in [-0.15, -0.1) is 0 Å². The van der Waals surface area contributed by atoms with E-state index in [4.69, 9.17) is 0 Å². The highest BCUT2D eigenvalue weighted by atomic mass is 32.1. The SMILES string of the molecule is CC(C)CN1CC2=C(C1=O)C(c1ccsc1)NC(=O)N2C. The Morgan fingerprint density at radius 2 is 2.19 bits per heavy atom. The number of hydrogen-bond donors (Lipinski definition) is 1. The number of rotatable bonds is 3. The van der Waals surface area contributed by atoms with Crippen molar-refractivity contribution in [1.82, 2.24) is 15.1 Å². The molecular formula is C15H19N3O2S. The fourth-order valence-corrected chi connectivity index (χ4v) is 3.59. The molecule has 3 heterocycles. The lowest BCUT2D eigenvalue weighted by Crippen LogP contribution is -2.45. The van der Waals surface area contributed by atoms with Crippen LogP contribution < -0.4 is 5.32 Å². The van der Waals surface area contributed by atoms with Gasteiger partial charge < -0.3 is 10.2 Å². The summed E-state index contributed by atoms with van der Waals surface area (Å²) in [5.74, 6) is 0.450. The number of amides is 3. The molecule has 3 rings (SSSR count). The first-order chi connectivity index (χ1) is 9.99. The average molecular weight is 305 g/mol. The van der Waals surface area contributed by atoms with E-state index in [0.717, 1.165) is 16.8 Å². The summed E-state index contributed by atoms with van der Waals surface area (Å²) in [6.07, 6.45) is 0. The second-order valence-corrected chi connectivity index (χ2v) is 6.72. The van der Waals surface area contributed by atoms with Crippen LogP contribution in [0.1, 0.15) is 25.5 Å². The topological polar surface area (TPSA) is 52.7 Å². The van der Waals surface area contributed by atoms with Gasteiger partial charge in [0.25, 0.3) is 5.91 Å². The zero-order valence-electron chi connectivity index (χ0n) is 12.4. The molecule has 1 aromatic heterocycles. The van der Waals surface area contributed by atoms with E-state index in [1.165, 1.54) is 0 Å². The highest BCUT2D eigenvalue weighted by molar-refractivity contribution is 7.08. The van der Waals surface area contributed by atoms with Gasteiger partial charge in [-0.1, -0.05) is 13.8 Å². The standard InChI is InChI=1S/C15H19N3O2S/c1-9(2)6-18-7-11-12(14(18)19)13(10-4-5-21-8-10)16-15(20)17(11)3/h4-5,8-9,13H,6-7H2,1-3H3,(H,16,20). The molecule has 0 saturated heterocycles. The summed E-state index contributed by atoms with van der Waals surface area (Å²) >= 11 is 1.57. The Morgan fingerprint density at radius 3 is 2.81 bits per heavy atom. The van der Waals surface area contributed by atoms with Crippen molar-refractivity contribution in [2.75, 3.05) is 20.1 Å². The quantitative estimate of drug-likeness (QED) is 0.931. The van der Waals surface area contributed by atoms with Gasteiger partial charge in [-0.25, -0.2) is 4.79 Å². The minimum absolute atomic E-state index is 0.0433. The van der Waals surface area contributed by atoms with Crippen molar-refractivity contribution in [2.24, 2.45) is 5.92 Å². The van der Waals surface area contributed by atoms with E-state index in [-0.39, 0.29) is 18.0 Å². The van der Waals surface area contributed by atoms with Crippen molar-refractivity contribution in [1.29, 1.82) is 0 Å². The van der Waals surface area contributed by atoms with Crippen LogP contribution in [-0.2, 0) is 4.79 Å². The zero-order chi connectivity index (χ0) is 15.1. The van der Waals surface area contributed by atoms with Crippen LogP contribution in [0, 0.1) is 5.92 Å². The smallest absolute Gasteiger partial charge is 0.322 e. The van der Waals surface area contributed by atoms with Gasteiger partial charge in [0.2, 0.25) is 0 Å². The molecule has 1 aromatic rings. The number of nitrogens with zero attached hydrogens (tertiary/aromatic N) is 2. The number of urea groups is 1. The van der Waals surface area contributed by atoms with Crippen LogP contribution in [0.5, 0.6) is 0 Å². The molecule has 0 fully saturated rings. The first-order valence-electron chi connectivity index (χ1n) is 7.07. The van der Waals surface area contributed by atoms with E-state index in [2.05, 4.69) is 19.2 Å². The molecule has 112 valence electrons. The first kappa shape index (κ1) is 14.1. The molecule has 6 heteroatoms. The molecule has 3 amide bonds. The lowest BCUT2D eigenvalue weighted by atomic mass is 9.98. The Bertz CT molecular complexity index is 606. The van der Waals surface area contributed by atoms with Crippen molar-refractivity contribution < 1.29 is 9.59 Å². The van der Waals surface area contributed by atoms with Gasteiger partial charge in [0, 0.05) is 13.6 Å². The summed E-state index contributed by atoms with van der Waals surface area (Å²) in [7, 11) is 1.72. The van der Waals surface area contributed by atoms with E-state index in [1.54, 1.807) is 23.3 Å². The number of likely N-dealkylation sites (N-methyl/N-ethyl adjacent to an activating group) is 1. The maximum absolute atomic E-state index is 12.7. The molecule has 0 radical (unpaired) electrons. The van der Waals surface area contributed by atoms with Gasteiger partial charge in [0.1, 0.15) is 0 Å². The molecule has 5 nitrogen and oxygen atoms in total. The minimum Gasteiger partial charge on any atom is -0.333 e. The molecule has 0 aliphatic carbocycles. The summed E-state index contributed by atoms with van der Waals surface area (Å²) in [4.78, 5) is 28.3. The fourth-order valence-electron chi connectivity index (χ4n) is 2.90. The Morgan fingerprint density at radius 1 is 1.43 bits per heavy atom. The third-order valence-electron chi connectivity index (χ3n) is 3.90. The number of thiophene rings is 1. The Balaban J connectivity index is 1.98. The number of carbonyl (C=O) groups excluding carboxylic acids is 2. The molecule has 0 aromatic carbocycles. The molecule has 0 bridgehead atoms. The first-order valence-corrected chi connectivity index (χ1v) is 8.02.